The molecule has 0 aliphatic rings. The van der Waals surface area contributed by atoms with Gasteiger partial charge in [-0.05, 0) is 35.9 Å². The van der Waals surface area contributed by atoms with E-state index in [2.05, 4.69) is 16.8 Å². The molecule has 0 atom stereocenters. The molecular weight excluding hydrogens is 288 g/mol. The highest BCUT2D eigenvalue weighted by atomic mass is 35.5. The van der Waals surface area contributed by atoms with Crippen LogP contribution in [0.5, 0.6) is 0 Å². The lowest BCUT2D eigenvalue weighted by Crippen LogP contribution is -2.08. The first-order valence-corrected chi connectivity index (χ1v) is 7.06. The maximum Gasteiger partial charge on any atom is 0.104 e. The number of aromatic nitrogens is 1. The largest absolute Gasteiger partial charge is 0.389 e. The van der Waals surface area contributed by atoms with E-state index in [9.17, 15) is 0 Å². The van der Waals surface area contributed by atoms with E-state index in [1.54, 1.807) is 0 Å². The fraction of sp³-hybridized carbons (Fsp3) is 0.0625. The molecule has 1 heterocycles. The van der Waals surface area contributed by atoms with Gasteiger partial charge in [-0.2, -0.15) is 0 Å². The molecule has 0 fully saturated rings. The Labute approximate surface area is 127 Å². The number of nitrogens with zero attached hydrogens (tertiary/aromatic N) is 1. The Hall–Kier alpha value is -1.84. The topological polar surface area (TPSA) is 30.9 Å². The van der Waals surface area contributed by atoms with Gasteiger partial charge in [0.25, 0.3) is 0 Å². The van der Waals surface area contributed by atoms with E-state index in [4.69, 9.17) is 29.6 Å². The van der Waals surface area contributed by atoms with Crippen LogP contribution in [0, 0.1) is 0 Å². The second kappa shape index (κ2) is 5.27. The molecule has 0 spiro atoms. The Morgan fingerprint density at radius 1 is 1.15 bits per heavy atom. The van der Waals surface area contributed by atoms with Crippen molar-refractivity contribution in [3.63, 3.8) is 0 Å². The van der Waals surface area contributed by atoms with Crippen LogP contribution < -0.4 is 5.73 Å². The van der Waals surface area contributed by atoms with Gasteiger partial charge in [0.1, 0.15) is 4.99 Å². The van der Waals surface area contributed by atoms with Crippen LogP contribution in [-0.4, -0.2) is 9.56 Å². The number of benzene rings is 2. The van der Waals surface area contributed by atoms with Crippen molar-refractivity contribution in [2.75, 3.05) is 0 Å². The Morgan fingerprint density at radius 2 is 1.95 bits per heavy atom. The maximum absolute atomic E-state index is 6.21. The van der Waals surface area contributed by atoms with Gasteiger partial charge in [0.15, 0.2) is 0 Å². The molecule has 3 aromatic rings. The molecule has 4 heteroatoms. The predicted octanol–water partition coefficient (Wildman–Crippen LogP) is 3.98. The van der Waals surface area contributed by atoms with Crippen LogP contribution in [0.4, 0.5) is 0 Å². The van der Waals surface area contributed by atoms with E-state index in [0.29, 0.717) is 4.99 Å². The number of rotatable bonds is 3. The molecule has 20 heavy (non-hydrogen) atoms. The molecular formula is C16H13ClN2S. The number of nitrogens with two attached hydrogens (primary N) is 1. The average Bonchev–Trinajstić information content (AvgIpc) is 2.84. The quantitative estimate of drug-likeness (QED) is 0.742. The summed E-state index contributed by atoms with van der Waals surface area (Å²) in [7, 11) is 0. The minimum Gasteiger partial charge on any atom is -0.389 e. The van der Waals surface area contributed by atoms with Crippen molar-refractivity contribution < 1.29 is 0 Å². The zero-order valence-corrected chi connectivity index (χ0v) is 12.3. The predicted molar refractivity (Wildman–Crippen MR) is 88.4 cm³/mol. The number of halogens is 1. The lowest BCUT2D eigenvalue weighted by atomic mass is 10.1. The summed E-state index contributed by atoms with van der Waals surface area (Å²) >= 11 is 11.2. The number of hydrogen-bond acceptors (Lipinski definition) is 1. The van der Waals surface area contributed by atoms with Gasteiger partial charge in [-0.15, -0.1) is 0 Å². The van der Waals surface area contributed by atoms with Crippen molar-refractivity contribution in [2.45, 2.75) is 6.54 Å². The van der Waals surface area contributed by atoms with Crippen molar-refractivity contribution in [3.8, 4) is 0 Å². The second-order valence-electron chi connectivity index (χ2n) is 4.67. The fourth-order valence-corrected chi connectivity index (χ4v) is 2.62. The highest BCUT2D eigenvalue weighted by molar-refractivity contribution is 7.80. The van der Waals surface area contributed by atoms with E-state index in [-0.39, 0.29) is 0 Å². The Kier molecular flexibility index (Phi) is 3.47. The van der Waals surface area contributed by atoms with E-state index in [1.165, 1.54) is 0 Å². The summed E-state index contributed by atoms with van der Waals surface area (Å²) in [5, 5.41) is 1.91. The Balaban J connectivity index is 2.01. The molecule has 100 valence electrons. The third kappa shape index (κ3) is 2.42. The van der Waals surface area contributed by atoms with Crippen LogP contribution in [0.2, 0.25) is 5.02 Å². The third-order valence-corrected chi connectivity index (χ3v) is 3.96. The van der Waals surface area contributed by atoms with Crippen molar-refractivity contribution in [2.24, 2.45) is 5.73 Å². The third-order valence-electron chi connectivity index (χ3n) is 3.35. The summed E-state index contributed by atoms with van der Waals surface area (Å²) in [6, 6.07) is 16.0. The monoisotopic (exact) mass is 300 g/mol. The Morgan fingerprint density at radius 3 is 2.70 bits per heavy atom. The highest BCUT2D eigenvalue weighted by Gasteiger charge is 2.06. The zero-order valence-electron chi connectivity index (χ0n) is 10.7. The molecule has 0 radical (unpaired) electrons. The van der Waals surface area contributed by atoms with Crippen LogP contribution in [-0.2, 0) is 6.54 Å². The molecule has 0 aliphatic heterocycles. The van der Waals surface area contributed by atoms with Crippen LogP contribution in [0.1, 0.15) is 11.1 Å². The van der Waals surface area contributed by atoms with Gasteiger partial charge in [-0.25, -0.2) is 0 Å². The molecule has 0 unspecified atom stereocenters. The summed E-state index contributed by atoms with van der Waals surface area (Å²) in [6.07, 6.45) is 2.05. The van der Waals surface area contributed by atoms with Gasteiger partial charge < -0.3 is 10.3 Å². The summed E-state index contributed by atoms with van der Waals surface area (Å²) < 4.78 is 2.17. The maximum atomic E-state index is 6.21. The van der Waals surface area contributed by atoms with Crippen LogP contribution in [0.25, 0.3) is 10.9 Å². The number of hydrogen-bond donors (Lipinski definition) is 1. The first-order chi connectivity index (χ1) is 9.65. The molecule has 2 N–H and O–H groups in total. The van der Waals surface area contributed by atoms with E-state index >= 15 is 0 Å². The first kappa shape index (κ1) is 13.2. The smallest absolute Gasteiger partial charge is 0.104 e. The standard InChI is InChI=1S/C16H13ClN2S/c17-14-4-2-1-3-13(14)10-19-8-7-11-9-12(16(18)20)5-6-15(11)19/h1-9H,10H2,(H2,18,20). The lowest BCUT2D eigenvalue weighted by molar-refractivity contribution is 0.837. The molecule has 2 nitrogen and oxygen atoms in total. The lowest BCUT2D eigenvalue weighted by Gasteiger charge is -2.08. The molecule has 0 bridgehead atoms. The number of fused-ring (bicyclic) bond motifs is 1. The van der Waals surface area contributed by atoms with Gasteiger partial charge in [0.2, 0.25) is 0 Å². The van der Waals surface area contributed by atoms with Crippen molar-refractivity contribution in [1.82, 2.24) is 4.57 Å². The minimum atomic E-state index is 0.422. The average molecular weight is 301 g/mol. The van der Waals surface area contributed by atoms with Gasteiger partial charge in [-0.1, -0.05) is 42.0 Å². The first-order valence-electron chi connectivity index (χ1n) is 6.27. The minimum absolute atomic E-state index is 0.422. The summed E-state index contributed by atoms with van der Waals surface area (Å²) in [6.45, 7) is 0.746. The van der Waals surface area contributed by atoms with E-state index in [0.717, 1.165) is 33.6 Å². The van der Waals surface area contributed by atoms with Crippen LogP contribution >= 0.6 is 23.8 Å². The summed E-state index contributed by atoms with van der Waals surface area (Å²) in [5.41, 5.74) is 8.80. The molecule has 2 aromatic carbocycles. The molecule has 1 aromatic heterocycles. The van der Waals surface area contributed by atoms with Gasteiger partial charge >= 0.3 is 0 Å². The molecule has 0 aliphatic carbocycles. The molecule has 0 saturated carbocycles. The van der Waals surface area contributed by atoms with Gasteiger partial charge in [0.05, 0.1) is 0 Å². The Bertz CT molecular complexity index is 792. The summed E-state index contributed by atoms with van der Waals surface area (Å²) in [5.74, 6) is 0. The molecule has 0 saturated heterocycles. The highest BCUT2D eigenvalue weighted by Crippen LogP contribution is 2.22. The zero-order chi connectivity index (χ0) is 14.1. The van der Waals surface area contributed by atoms with E-state index < -0.39 is 0 Å². The van der Waals surface area contributed by atoms with Crippen molar-refractivity contribution in [3.05, 3.63) is 70.9 Å². The van der Waals surface area contributed by atoms with Gasteiger partial charge in [-0.3, -0.25) is 0 Å². The van der Waals surface area contributed by atoms with E-state index in [1.807, 2.05) is 42.5 Å². The SMILES string of the molecule is NC(=S)c1ccc2c(ccn2Cc2ccccc2Cl)c1. The van der Waals surface area contributed by atoms with Crippen molar-refractivity contribution >= 4 is 39.7 Å². The summed E-state index contributed by atoms with van der Waals surface area (Å²) in [4.78, 5) is 0.422. The fourth-order valence-electron chi connectivity index (χ4n) is 2.30. The van der Waals surface area contributed by atoms with Crippen LogP contribution in [0.15, 0.2) is 54.7 Å². The molecule has 0 amide bonds. The van der Waals surface area contributed by atoms with Crippen molar-refractivity contribution in [1.29, 1.82) is 0 Å². The number of thiocarbonyl (C=S) groups is 1. The second-order valence-corrected chi connectivity index (χ2v) is 5.52. The normalized spacial score (nSPS) is 10.8. The van der Waals surface area contributed by atoms with Crippen LogP contribution in [0.3, 0.4) is 0 Å². The van der Waals surface area contributed by atoms with Gasteiger partial charge in [0, 0.05) is 34.2 Å². The molecule has 3 rings (SSSR count).